The minimum atomic E-state index is -0.352. The Hall–Kier alpha value is -6.53. The van der Waals surface area contributed by atoms with Crippen LogP contribution in [0.5, 0.6) is 0 Å². The van der Waals surface area contributed by atoms with E-state index in [1.165, 1.54) is 11.6 Å². The highest BCUT2D eigenvalue weighted by molar-refractivity contribution is 6.30. The van der Waals surface area contributed by atoms with Crippen LogP contribution in [0.25, 0.3) is 43.4 Å². The molecule has 0 radical (unpaired) electrons. The molecule has 0 saturated heterocycles. The third-order valence-electron chi connectivity index (χ3n) is 9.13. The summed E-state index contributed by atoms with van der Waals surface area (Å²) in [4.78, 5) is 10.4. The maximum absolute atomic E-state index is 8.70. The van der Waals surface area contributed by atoms with Gasteiger partial charge in [0, 0.05) is 44.9 Å². The molecule has 1 aromatic heterocycles. The first-order valence-corrected chi connectivity index (χ1v) is 16.0. The smallest absolute Gasteiger partial charge is 0.211 e. The molecular formula is C42H30N6. The molecule has 228 valence electrons. The van der Waals surface area contributed by atoms with Gasteiger partial charge >= 0.3 is 0 Å². The molecule has 0 aliphatic carbocycles. The topological polar surface area (TPSA) is 77.6 Å². The average Bonchev–Trinajstić information content (AvgIpc) is 3.50. The lowest BCUT2D eigenvalue weighted by atomic mass is 9.98. The number of para-hydroxylation sites is 1. The second-order valence-electron chi connectivity index (χ2n) is 11.9. The number of benzene rings is 7. The molecule has 1 atom stereocenters. The monoisotopic (exact) mass is 618 g/mol. The first kappa shape index (κ1) is 27.8. The van der Waals surface area contributed by atoms with Gasteiger partial charge in [0.1, 0.15) is 6.17 Å². The maximum atomic E-state index is 8.70. The van der Waals surface area contributed by atoms with Crippen LogP contribution in [0.1, 0.15) is 22.9 Å². The van der Waals surface area contributed by atoms with Gasteiger partial charge < -0.3 is 16.0 Å². The van der Waals surface area contributed by atoms with Crippen LogP contribution in [0.15, 0.2) is 162 Å². The van der Waals surface area contributed by atoms with Gasteiger partial charge in [-0.25, -0.2) is 4.99 Å². The molecule has 9 rings (SSSR count). The quantitative estimate of drug-likeness (QED) is 0.133. The number of fused-ring (bicyclic) bond motifs is 7. The summed E-state index contributed by atoms with van der Waals surface area (Å²) in [6.45, 7) is 0. The van der Waals surface area contributed by atoms with E-state index in [1.807, 2.05) is 66.7 Å². The van der Waals surface area contributed by atoms with Crippen LogP contribution in [-0.4, -0.2) is 22.6 Å². The van der Waals surface area contributed by atoms with E-state index in [9.17, 15) is 0 Å². The van der Waals surface area contributed by atoms with Crippen molar-refractivity contribution in [1.82, 2.24) is 9.88 Å². The van der Waals surface area contributed by atoms with E-state index in [0.29, 0.717) is 11.8 Å². The molecule has 0 saturated carbocycles. The van der Waals surface area contributed by atoms with Crippen molar-refractivity contribution in [3.63, 3.8) is 0 Å². The molecule has 6 nitrogen and oxygen atoms in total. The van der Waals surface area contributed by atoms with Gasteiger partial charge in [-0.2, -0.15) is 4.99 Å². The molecule has 0 bridgehead atoms. The Morgan fingerprint density at radius 2 is 1.33 bits per heavy atom. The summed E-state index contributed by atoms with van der Waals surface area (Å²) in [7, 11) is 0. The Labute approximate surface area is 277 Å². The number of nitrogens with zero attached hydrogens (tertiary/aromatic N) is 3. The minimum Gasteiger partial charge on any atom is -0.355 e. The van der Waals surface area contributed by atoms with Crippen LogP contribution >= 0.6 is 0 Å². The van der Waals surface area contributed by atoms with Crippen molar-refractivity contribution < 1.29 is 0 Å². The highest BCUT2D eigenvalue weighted by atomic mass is 15.3. The van der Waals surface area contributed by atoms with Crippen LogP contribution < -0.4 is 10.6 Å². The molecule has 0 fully saturated rings. The minimum absolute atomic E-state index is 0.352. The molecular weight excluding hydrogens is 589 g/mol. The summed E-state index contributed by atoms with van der Waals surface area (Å²) in [6, 6.07) is 52.0. The number of hydrogen-bond acceptors (Lipinski definition) is 5. The molecule has 3 N–H and O–H groups in total. The average molecular weight is 619 g/mol. The number of aliphatic imine (C=N–C) groups is 2. The van der Waals surface area contributed by atoms with Gasteiger partial charge in [-0.15, -0.1) is 0 Å². The molecule has 0 spiro atoms. The van der Waals surface area contributed by atoms with Gasteiger partial charge in [-0.05, 0) is 46.0 Å². The fourth-order valence-electron chi connectivity index (χ4n) is 6.94. The van der Waals surface area contributed by atoms with E-state index in [-0.39, 0.29) is 6.17 Å². The normalized spacial score (nSPS) is 14.5. The number of nitrogens with one attached hydrogen (secondary N) is 3. The van der Waals surface area contributed by atoms with Gasteiger partial charge in [0.2, 0.25) is 5.96 Å². The first-order valence-electron chi connectivity index (χ1n) is 16.0. The Balaban J connectivity index is 1.39. The lowest BCUT2D eigenvalue weighted by molar-refractivity contribution is 0.661. The standard InChI is InChI=1S/C42H30N6/c43-26-34-35(44-31-17-8-3-9-18-31)24-25-36-38(34)33-23-22-28-21-20-27-12-10-11-19-32(27)37(28)39(33)48(36)42-46-40(29-13-4-1-5-14-29)45-41(47-42)30-15-6-2-7-16-30/h1-26,40,43-44H,(H,45,46,47). The summed E-state index contributed by atoms with van der Waals surface area (Å²) >= 11 is 0. The lowest BCUT2D eigenvalue weighted by Crippen LogP contribution is -2.37. The fourth-order valence-corrected chi connectivity index (χ4v) is 6.94. The first-order chi connectivity index (χ1) is 23.8. The zero-order valence-electron chi connectivity index (χ0n) is 25.9. The molecule has 2 heterocycles. The van der Waals surface area contributed by atoms with Gasteiger partial charge in [-0.1, -0.05) is 127 Å². The molecule has 6 heteroatoms. The van der Waals surface area contributed by atoms with Crippen molar-refractivity contribution in [2.24, 2.45) is 9.98 Å². The predicted octanol–water partition coefficient (Wildman–Crippen LogP) is 9.80. The Morgan fingerprint density at radius 1 is 0.646 bits per heavy atom. The number of aromatic nitrogens is 1. The summed E-state index contributed by atoms with van der Waals surface area (Å²) in [5.74, 6) is 1.34. The zero-order chi connectivity index (χ0) is 32.0. The SMILES string of the molecule is N=Cc1c(Nc2ccccc2)ccc2c1c1ccc3ccc4ccccc4c3c1n2C1=NC(c2ccccc2)=NC(c2ccccc2)N1. The second-order valence-corrected chi connectivity index (χ2v) is 11.9. The largest absolute Gasteiger partial charge is 0.355 e. The van der Waals surface area contributed by atoms with E-state index >= 15 is 0 Å². The Kier molecular flexibility index (Phi) is 6.57. The van der Waals surface area contributed by atoms with Gasteiger partial charge in [0.25, 0.3) is 0 Å². The molecule has 0 amide bonds. The molecule has 8 aromatic rings. The third kappa shape index (κ3) is 4.54. The molecule has 48 heavy (non-hydrogen) atoms. The summed E-state index contributed by atoms with van der Waals surface area (Å²) in [6.07, 6.45) is 1.11. The summed E-state index contributed by atoms with van der Waals surface area (Å²) in [5.41, 5.74) is 6.63. The van der Waals surface area contributed by atoms with Gasteiger partial charge in [-0.3, -0.25) is 4.57 Å². The number of rotatable bonds is 5. The van der Waals surface area contributed by atoms with Gasteiger partial charge in [0.05, 0.1) is 11.0 Å². The van der Waals surface area contributed by atoms with E-state index in [1.54, 1.807) is 0 Å². The molecule has 1 aliphatic rings. The van der Waals surface area contributed by atoms with Crippen LogP contribution in [0.3, 0.4) is 0 Å². The number of hydrogen-bond donors (Lipinski definition) is 3. The van der Waals surface area contributed by atoms with E-state index < -0.39 is 0 Å². The van der Waals surface area contributed by atoms with Crippen LogP contribution in [0.2, 0.25) is 0 Å². The van der Waals surface area contributed by atoms with E-state index in [2.05, 4.69) is 100 Å². The van der Waals surface area contributed by atoms with E-state index in [0.717, 1.165) is 66.0 Å². The molecule has 1 aliphatic heterocycles. The van der Waals surface area contributed by atoms with Crippen molar-refractivity contribution in [3.8, 4) is 0 Å². The zero-order valence-corrected chi connectivity index (χ0v) is 25.9. The molecule has 1 unspecified atom stereocenters. The van der Waals surface area contributed by atoms with Crippen molar-refractivity contribution in [3.05, 3.63) is 168 Å². The number of anilines is 2. The lowest BCUT2D eigenvalue weighted by Gasteiger charge is -2.25. The highest BCUT2D eigenvalue weighted by Gasteiger charge is 2.26. The highest BCUT2D eigenvalue weighted by Crippen LogP contribution is 2.41. The number of amidine groups is 1. The predicted molar refractivity (Wildman–Crippen MR) is 200 cm³/mol. The van der Waals surface area contributed by atoms with Gasteiger partial charge in [0.15, 0.2) is 5.84 Å². The summed E-state index contributed by atoms with van der Waals surface area (Å²) < 4.78 is 2.24. The van der Waals surface area contributed by atoms with E-state index in [4.69, 9.17) is 15.4 Å². The second kappa shape index (κ2) is 11.4. The van der Waals surface area contributed by atoms with Crippen molar-refractivity contribution in [1.29, 1.82) is 5.41 Å². The van der Waals surface area contributed by atoms with Crippen LogP contribution in [0.4, 0.5) is 11.4 Å². The third-order valence-corrected chi connectivity index (χ3v) is 9.13. The van der Waals surface area contributed by atoms with Crippen molar-refractivity contribution >= 4 is 72.7 Å². The van der Waals surface area contributed by atoms with Crippen LogP contribution in [0, 0.1) is 5.41 Å². The Bertz CT molecular complexity index is 2570. The molecule has 7 aromatic carbocycles. The summed E-state index contributed by atoms with van der Waals surface area (Å²) in [5, 5.41) is 22.6. The van der Waals surface area contributed by atoms with Crippen LogP contribution in [-0.2, 0) is 0 Å². The fraction of sp³-hybridized carbons (Fsp3) is 0.0238. The maximum Gasteiger partial charge on any atom is 0.211 e. The van der Waals surface area contributed by atoms with Crippen molar-refractivity contribution in [2.45, 2.75) is 6.17 Å². The Morgan fingerprint density at radius 3 is 2.12 bits per heavy atom. The van der Waals surface area contributed by atoms with Crippen molar-refractivity contribution in [2.75, 3.05) is 5.32 Å².